The second-order valence-corrected chi connectivity index (χ2v) is 11.5. The molecule has 4 aromatic rings. The number of hydrogen-bond acceptors (Lipinski definition) is 5. The summed E-state index contributed by atoms with van der Waals surface area (Å²) in [6.07, 6.45) is 8.65. The lowest BCUT2D eigenvalue weighted by atomic mass is 9.76. The summed E-state index contributed by atoms with van der Waals surface area (Å²) >= 11 is 0. The first-order valence-corrected chi connectivity index (χ1v) is 15.1. The van der Waals surface area contributed by atoms with Gasteiger partial charge in [0, 0.05) is 36.2 Å². The standard InChI is InChI=1S/C38H31N3O4/c1-2-21-45-34-16-10-9-15-27(34)22-33-36(42)39-38(44)41(37(33)43)28-23-31-29(25-11-5-3-6-12-25)17-19-40-20-18-30(32(24-28)35(31)40)26-13-7-4-8-14-26/h1,3-16,22-24,29-30H,17-21H2,(H,39,42,44)/b33-22+/t29-,30-/m1/s1. The van der Waals surface area contributed by atoms with Crippen LogP contribution in [-0.4, -0.2) is 37.5 Å². The molecule has 4 aromatic carbocycles. The van der Waals surface area contributed by atoms with Gasteiger partial charge in [-0.2, -0.15) is 0 Å². The Kier molecular flexibility index (Phi) is 7.40. The van der Waals surface area contributed by atoms with Crippen molar-refractivity contribution in [3.8, 4) is 18.1 Å². The number of benzene rings is 4. The van der Waals surface area contributed by atoms with Crippen LogP contribution in [-0.2, 0) is 9.59 Å². The molecule has 4 amide bonds. The zero-order chi connectivity index (χ0) is 30.9. The smallest absolute Gasteiger partial charge is 0.335 e. The first-order chi connectivity index (χ1) is 22.0. The number of rotatable bonds is 6. The van der Waals surface area contributed by atoms with E-state index in [1.165, 1.54) is 22.9 Å². The van der Waals surface area contributed by atoms with E-state index in [0.717, 1.165) is 42.0 Å². The number of para-hydroxylation sites is 1. The van der Waals surface area contributed by atoms with Gasteiger partial charge in [-0.15, -0.1) is 6.42 Å². The van der Waals surface area contributed by atoms with Gasteiger partial charge in [-0.05, 0) is 59.4 Å². The lowest BCUT2D eigenvalue weighted by molar-refractivity contribution is -0.122. The van der Waals surface area contributed by atoms with Crippen LogP contribution in [0.15, 0.2) is 103 Å². The van der Waals surface area contributed by atoms with E-state index in [1.54, 1.807) is 24.3 Å². The van der Waals surface area contributed by atoms with Gasteiger partial charge in [0.25, 0.3) is 11.8 Å². The number of amides is 4. The van der Waals surface area contributed by atoms with E-state index in [9.17, 15) is 14.4 Å². The number of anilines is 2. The van der Waals surface area contributed by atoms with Crippen molar-refractivity contribution in [3.05, 3.63) is 130 Å². The van der Waals surface area contributed by atoms with Crippen molar-refractivity contribution in [2.75, 3.05) is 29.5 Å². The van der Waals surface area contributed by atoms with E-state index in [2.05, 4.69) is 40.4 Å². The summed E-state index contributed by atoms with van der Waals surface area (Å²) in [6, 6.07) is 30.9. The van der Waals surface area contributed by atoms with Crippen molar-refractivity contribution >= 4 is 35.3 Å². The molecule has 1 N–H and O–H groups in total. The molecule has 0 spiro atoms. The number of imide groups is 2. The Balaban J connectivity index is 1.37. The predicted molar refractivity (Wildman–Crippen MR) is 174 cm³/mol. The summed E-state index contributed by atoms with van der Waals surface area (Å²) in [4.78, 5) is 44.2. The second kappa shape index (κ2) is 11.8. The molecule has 1 fully saturated rings. The maximum Gasteiger partial charge on any atom is 0.335 e. The number of carbonyl (C=O) groups excluding carboxylic acids is 3. The summed E-state index contributed by atoms with van der Waals surface area (Å²) in [7, 11) is 0. The van der Waals surface area contributed by atoms with Crippen LogP contribution in [0.4, 0.5) is 16.2 Å². The third-order valence-electron chi connectivity index (χ3n) is 8.89. The third kappa shape index (κ3) is 5.15. The number of terminal acetylenes is 1. The van der Waals surface area contributed by atoms with Crippen molar-refractivity contribution in [1.29, 1.82) is 0 Å². The van der Waals surface area contributed by atoms with Gasteiger partial charge < -0.3 is 9.64 Å². The zero-order valence-corrected chi connectivity index (χ0v) is 24.6. The number of barbiturate groups is 1. The molecular weight excluding hydrogens is 562 g/mol. The third-order valence-corrected chi connectivity index (χ3v) is 8.89. The highest BCUT2D eigenvalue weighted by Crippen LogP contribution is 2.50. The van der Waals surface area contributed by atoms with E-state index in [4.69, 9.17) is 11.2 Å². The van der Waals surface area contributed by atoms with E-state index < -0.39 is 17.8 Å². The van der Waals surface area contributed by atoms with Gasteiger partial charge in [0.1, 0.15) is 17.9 Å². The molecule has 45 heavy (non-hydrogen) atoms. The average Bonchev–Trinajstić information content (AvgIpc) is 3.07. The number of carbonyl (C=O) groups is 3. The molecule has 1 saturated heterocycles. The number of nitrogens with zero attached hydrogens (tertiary/aromatic N) is 2. The van der Waals surface area contributed by atoms with Crippen LogP contribution < -0.4 is 19.9 Å². The summed E-state index contributed by atoms with van der Waals surface area (Å²) < 4.78 is 5.64. The Morgan fingerprint density at radius 1 is 0.822 bits per heavy atom. The minimum absolute atomic E-state index is 0.0328. The van der Waals surface area contributed by atoms with Crippen molar-refractivity contribution in [2.45, 2.75) is 24.7 Å². The molecule has 2 atom stereocenters. The fraction of sp³-hybridized carbons (Fsp3) is 0.184. The molecule has 0 unspecified atom stereocenters. The molecule has 7 nitrogen and oxygen atoms in total. The zero-order valence-electron chi connectivity index (χ0n) is 24.6. The lowest BCUT2D eigenvalue weighted by Gasteiger charge is -2.44. The predicted octanol–water partition coefficient (Wildman–Crippen LogP) is 6.24. The Hall–Kier alpha value is -5.61. The monoisotopic (exact) mass is 593 g/mol. The van der Waals surface area contributed by atoms with Gasteiger partial charge in [-0.3, -0.25) is 14.9 Å². The number of ether oxygens (including phenoxy) is 1. The molecular formula is C38H31N3O4. The Morgan fingerprint density at radius 2 is 1.40 bits per heavy atom. The van der Waals surface area contributed by atoms with Crippen LogP contribution >= 0.6 is 0 Å². The quantitative estimate of drug-likeness (QED) is 0.163. The normalized spacial score (nSPS) is 20.0. The van der Waals surface area contributed by atoms with Crippen LogP contribution in [0.2, 0.25) is 0 Å². The van der Waals surface area contributed by atoms with Crippen LogP contribution in [0.5, 0.6) is 5.75 Å². The molecule has 0 aromatic heterocycles. The highest BCUT2D eigenvalue weighted by molar-refractivity contribution is 6.39. The van der Waals surface area contributed by atoms with Crippen molar-refractivity contribution in [2.24, 2.45) is 0 Å². The first-order valence-electron chi connectivity index (χ1n) is 15.1. The number of hydrogen-bond donors (Lipinski definition) is 1. The SMILES string of the molecule is C#CCOc1ccccc1/C=C1\C(=O)NC(=O)N(c2cc3c4c(c2)[C@@H](c2ccccc2)CCN4CC[C@@H]3c2ccccc2)C1=O. The highest BCUT2D eigenvalue weighted by Gasteiger charge is 2.40. The molecule has 0 radical (unpaired) electrons. The second-order valence-electron chi connectivity index (χ2n) is 11.5. The fourth-order valence-corrected chi connectivity index (χ4v) is 6.87. The van der Waals surface area contributed by atoms with Crippen LogP contribution in [0, 0.1) is 12.3 Å². The van der Waals surface area contributed by atoms with Gasteiger partial charge in [0.15, 0.2) is 0 Å². The van der Waals surface area contributed by atoms with E-state index in [0.29, 0.717) is 17.0 Å². The minimum atomic E-state index is -0.776. The highest BCUT2D eigenvalue weighted by atomic mass is 16.5. The van der Waals surface area contributed by atoms with Gasteiger partial charge >= 0.3 is 6.03 Å². The van der Waals surface area contributed by atoms with Gasteiger partial charge in [0.2, 0.25) is 0 Å². The van der Waals surface area contributed by atoms with Gasteiger partial charge in [-0.25, -0.2) is 9.69 Å². The first kappa shape index (κ1) is 28.2. The molecule has 0 saturated carbocycles. The maximum absolute atomic E-state index is 14.1. The summed E-state index contributed by atoms with van der Waals surface area (Å²) in [6.45, 7) is 1.88. The number of urea groups is 1. The molecule has 222 valence electrons. The summed E-state index contributed by atoms with van der Waals surface area (Å²) in [5.41, 5.74) is 6.48. The van der Waals surface area contributed by atoms with Gasteiger partial charge in [0.05, 0.1) is 5.69 Å². The Labute approximate surface area is 262 Å². The maximum atomic E-state index is 14.1. The molecule has 3 aliphatic rings. The molecule has 0 bridgehead atoms. The van der Waals surface area contributed by atoms with Crippen LogP contribution in [0.1, 0.15) is 52.5 Å². The summed E-state index contributed by atoms with van der Waals surface area (Å²) in [5, 5.41) is 2.39. The molecule has 3 heterocycles. The topological polar surface area (TPSA) is 79.0 Å². The van der Waals surface area contributed by atoms with Crippen molar-refractivity contribution in [3.63, 3.8) is 0 Å². The summed E-state index contributed by atoms with van der Waals surface area (Å²) in [5.74, 6) is 1.58. The molecule has 7 rings (SSSR count). The fourth-order valence-electron chi connectivity index (χ4n) is 6.87. The Bertz CT molecular complexity index is 1800. The average molecular weight is 594 g/mol. The molecule has 3 aliphatic heterocycles. The van der Waals surface area contributed by atoms with E-state index >= 15 is 0 Å². The molecule has 7 heteroatoms. The van der Waals surface area contributed by atoms with Crippen molar-refractivity contribution in [1.82, 2.24) is 5.32 Å². The van der Waals surface area contributed by atoms with E-state index in [1.807, 2.05) is 48.5 Å². The number of nitrogens with one attached hydrogen (secondary N) is 1. The minimum Gasteiger partial charge on any atom is -0.480 e. The largest absolute Gasteiger partial charge is 0.480 e. The van der Waals surface area contributed by atoms with Crippen LogP contribution in [0.25, 0.3) is 6.08 Å². The van der Waals surface area contributed by atoms with Gasteiger partial charge in [-0.1, -0.05) is 84.8 Å². The Morgan fingerprint density at radius 3 is 2.00 bits per heavy atom. The molecule has 0 aliphatic carbocycles. The van der Waals surface area contributed by atoms with E-state index in [-0.39, 0.29) is 24.0 Å². The lowest BCUT2D eigenvalue weighted by Crippen LogP contribution is -2.54. The van der Waals surface area contributed by atoms with Crippen LogP contribution in [0.3, 0.4) is 0 Å². The van der Waals surface area contributed by atoms with Crippen molar-refractivity contribution < 1.29 is 19.1 Å².